The molecule has 0 radical (unpaired) electrons. The molecule has 2 rings (SSSR count). The molecule has 0 aromatic carbocycles. The van der Waals surface area contributed by atoms with Gasteiger partial charge in [0.05, 0.1) is 29.4 Å². The van der Waals surface area contributed by atoms with E-state index in [2.05, 4.69) is 15.0 Å². The van der Waals surface area contributed by atoms with Gasteiger partial charge in [0.15, 0.2) is 0 Å². The molecular weight excluding hydrogens is 222 g/mol. The number of thiazole rings is 1. The Kier molecular flexibility index (Phi) is 3.26. The maximum atomic E-state index is 9.05. The highest BCUT2D eigenvalue weighted by Crippen LogP contribution is 2.11. The first-order valence-corrected chi connectivity index (χ1v) is 5.90. The molecule has 0 spiro atoms. The first-order chi connectivity index (χ1) is 7.67. The Morgan fingerprint density at radius 3 is 2.62 bits per heavy atom. The fourth-order valence-corrected chi connectivity index (χ4v) is 2.12. The van der Waals surface area contributed by atoms with Gasteiger partial charge in [-0.2, -0.15) is 0 Å². The molecule has 0 atom stereocenters. The molecule has 2 aromatic rings. The topological polar surface area (TPSA) is 58.9 Å². The van der Waals surface area contributed by atoms with Crippen molar-refractivity contribution >= 4 is 11.3 Å². The first-order valence-electron chi connectivity index (χ1n) is 5.02. The van der Waals surface area contributed by atoms with Crippen LogP contribution < -0.4 is 0 Å². The van der Waals surface area contributed by atoms with E-state index in [0.717, 1.165) is 16.4 Å². The van der Waals surface area contributed by atoms with Gasteiger partial charge in [-0.25, -0.2) is 15.0 Å². The molecule has 0 bridgehead atoms. The minimum absolute atomic E-state index is 0.0492. The maximum Gasteiger partial charge on any atom is 0.134 e. The van der Waals surface area contributed by atoms with Crippen molar-refractivity contribution in [3.05, 3.63) is 39.4 Å². The third-order valence-electron chi connectivity index (χ3n) is 2.12. The second-order valence-electron chi connectivity index (χ2n) is 3.61. The number of aryl methyl sites for hydroxylation is 2. The summed E-state index contributed by atoms with van der Waals surface area (Å²) < 4.78 is 0. The number of nitrogens with zero attached hydrogens (tertiary/aromatic N) is 3. The largest absolute Gasteiger partial charge is 0.390 e. The second-order valence-corrected chi connectivity index (χ2v) is 4.67. The van der Waals surface area contributed by atoms with Crippen LogP contribution in [0.1, 0.15) is 27.9 Å². The summed E-state index contributed by atoms with van der Waals surface area (Å²) >= 11 is 1.62. The van der Waals surface area contributed by atoms with E-state index >= 15 is 0 Å². The van der Waals surface area contributed by atoms with Gasteiger partial charge in [-0.1, -0.05) is 0 Å². The molecule has 84 valence electrons. The molecule has 4 nitrogen and oxygen atoms in total. The number of aliphatic hydroxyl groups is 1. The molecule has 5 heteroatoms. The molecule has 0 aliphatic rings. The monoisotopic (exact) mass is 235 g/mol. The van der Waals surface area contributed by atoms with E-state index < -0.39 is 0 Å². The molecule has 0 aliphatic heterocycles. The van der Waals surface area contributed by atoms with Crippen molar-refractivity contribution in [3.8, 4) is 0 Å². The van der Waals surface area contributed by atoms with E-state index in [1.165, 1.54) is 0 Å². The normalized spacial score (nSPS) is 10.7. The molecule has 0 unspecified atom stereocenters. The van der Waals surface area contributed by atoms with Gasteiger partial charge in [0.2, 0.25) is 0 Å². The summed E-state index contributed by atoms with van der Waals surface area (Å²) in [5.74, 6) is 0.717. The van der Waals surface area contributed by atoms with E-state index in [-0.39, 0.29) is 6.61 Å². The van der Waals surface area contributed by atoms with Crippen LogP contribution in [-0.4, -0.2) is 20.1 Å². The van der Waals surface area contributed by atoms with E-state index in [4.69, 9.17) is 5.11 Å². The third kappa shape index (κ3) is 2.62. The van der Waals surface area contributed by atoms with Crippen molar-refractivity contribution in [1.82, 2.24) is 15.0 Å². The zero-order valence-electron chi connectivity index (χ0n) is 9.27. The zero-order chi connectivity index (χ0) is 11.5. The van der Waals surface area contributed by atoms with Crippen LogP contribution in [0.2, 0.25) is 0 Å². The quantitative estimate of drug-likeness (QED) is 0.878. The summed E-state index contributed by atoms with van der Waals surface area (Å²) in [6.07, 6.45) is 0.624. The number of hydrogen-bond acceptors (Lipinski definition) is 5. The molecule has 0 saturated heterocycles. The zero-order valence-corrected chi connectivity index (χ0v) is 10.1. The maximum absolute atomic E-state index is 9.05. The molecule has 2 aromatic heterocycles. The van der Waals surface area contributed by atoms with Crippen molar-refractivity contribution in [2.75, 3.05) is 0 Å². The fraction of sp³-hybridized carbons (Fsp3) is 0.364. The van der Waals surface area contributed by atoms with Gasteiger partial charge >= 0.3 is 0 Å². The highest BCUT2D eigenvalue weighted by atomic mass is 32.1. The summed E-state index contributed by atoms with van der Waals surface area (Å²) in [4.78, 5) is 13.0. The predicted octanol–water partition coefficient (Wildman–Crippen LogP) is 1.63. The lowest BCUT2D eigenvalue weighted by Gasteiger charge is -2.02. The summed E-state index contributed by atoms with van der Waals surface area (Å²) in [7, 11) is 0. The average Bonchev–Trinajstić information content (AvgIpc) is 2.63. The Hall–Kier alpha value is -1.33. The van der Waals surface area contributed by atoms with Gasteiger partial charge in [-0.05, 0) is 19.9 Å². The van der Waals surface area contributed by atoms with E-state index in [1.807, 2.05) is 19.2 Å². The second kappa shape index (κ2) is 4.67. The minimum Gasteiger partial charge on any atom is -0.390 e. The highest BCUT2D eigenvalue weighted by Gasteiger charge is 2.05. The van der Waals surface area contributed by atoms with Crippen molar-refractivity contribution in [2.24, 2.45) is 0 Å². The van der Waals surface area contributed by atoms with Crippen molar-refractivity contribution in [2.45, 2.75) is 26.9 Å². The predicted molar refractivity (Wildman–Crippen MR) is 62.3 cm³/mol. The summed E-state index contributed by atoms with van der Waals surface area (Å²) in [6.45, 7) is 3.83. The Labute approximate surface area is 98.0 Å². The van der Waals surface area contributed by atoms with Crippen LogP contribution in [-0.2, 0) is 13.0 Å². The van der Waals surface area contributed by atoms with Gasteiger partial charge in [0.25, 0.3) is 0 Å². The molecule has 0 amide bonds. The van der Waals surface area contributed by atoms with Crippen LogP contribution in [0.25, 0.3) is 0 Å². The van der Waals surface area contributed by atoms with E-state index in [9.17, 15) is 0 Å². The number of aliphatic hydroxyl groups excluding tert-OH is 1. The average molecular weight is 235 g/mol. The lowest BCUT2D eigenvalue weighted by Crippen LogP contribution is -2.02. The minimum atomic E-state index is -0.0492. The van der Waals surface area contributed by atoms with Crippen LogP contribution in [0.3, 0.4) is 0 Å². The van der Waals surface area contributed by atoms with Gasteiger partial charge in [-0.3, -0.25) is 0 Å². The molecule has 2 heterocycles. The van der Waals surface area contributed by atoms with Gasteiger partial charge in [0, 0.05) is 11.1 Å². The molecule has 16 heavy (non-hydrogen) atoms. The van der Waals surface area contributed by atoms with Gasteiger partial charge < -0.3 is 5.11 Å². The first kappa shape index (κ1) is 11.2. The Bertz CT molecular complexity index is 496. The number of rotatable bonds is 3. The highest BCUT2D eigenvalue weighted by molar-refractivity contribution is 7.09. The third-order valence-corrected chi connectivity index (χ3v) is 2.94. The summed E-state index contributed by atoms with van der Waals surface area (Å²) in [5, 5.41) is 12.1. The van der Waals surface area contributed by atoms with Crippen molar-refractivity contribution < 1.29 is 5.11 Å². The lowest BCUT2D eigenvalue weighted by molar-refractivity contribution is 0.276. The van der Waals surface area contributed by atoms with Crippen LogP contribution in [0.4, 0.5) is 0 Å². The SMILES string of the molecule is Cc1cc(CO)nc(Cc2csc(C)n2)n1. The van der Waals surface area contributed by atoms with Crippen molar-refractivity contribution in [3.63, 3.8) is 0 Å². The van der Waals surface area contributed by atoms with E-state index in [0.29, 0.717) is 17.9 Å². The van der Waals surface area contributed by atoms with Gasteiger partial charge in [0.1, 0.15) is 5.82 Å². The molecule has 0 saturated carbocycles. The molecule has 1 N–H and O–H groups in total. The smallest absolute Gasteiger partial charge is 0.134 e. The van der Waals surface area contributed by atoms with Gasteiger partial charge in [-0.15, -0.1) is 11.3 Å². The molecular formula is C11H13N3OS. The molecule has 0 aliphatic carbocycles. The Morgan fingerprint density at radius 1 is 1.19 bits per heavy atom. The van der Waals surface area contributed by atoms with Crippen molar-refractivity contribution in [1.29, 1.82) is 0 Å². The van der Waals surface area contributed by atoms with Crippen LogP contribution in [0.5, 0.6) is 0 Å². The standard InChI is InChI=1S/C11H13N3OS/c1-7-3-9(5-15)14-11(12-7)4-10-6-16-8(2)13-10/h3,6,15H,4-5H2,1-2H3. The van der Waals surface area contributed by atoms with Crippen LogP contribution in [0, 0.1) is 13.8 Å². The summed E-state index contributed by atoms with van der Waals surface area (Å²) in [6, 6.07) is 1.79. The van der Waals surface area contributed by atoms with E-state index in [1.54, 1.807) is 17.4 Å². The van der Waals surface area contributed by atoms with Crippen LogP contribution in [0.15, 0.2) is 11.4 Å². The number of aromatic nitrogens is 3. The lowest BCUT2D eigenvalue weighted by atomic mass is 10.3. The number of hydrogen-bond donors (Lipinski definition) is 1. The Balaban J connectivity index is 2.24. The Morgan fingerprint density at radius 2 is 2.00 bits per heavy atom. The fourth-order valence-electron chi connectivity index (χ4n) is 1.51. The summed E-state index contributed by atoms with van der Waals surface area (Å²) in [5.41, 5.74) is 2.52. The molecule has 0 fully saturated rings. The van der Waals surface area contributed by atoms with Crippen LogP contribution >= 0.6 is 11.3 Å².